The maximum atomic E-state index is 11.8. The Labute approximate surface area is 120 Å². The van der Waals surface area contributed by atoms with Crippen LogP contribution in [-0.4, -0.2) is 37.0 Å². The highest BCUT2D eigenvalue weighted by Gasteiger charge is 2.27. The van der Waals surface area contributed by atoms with Gasteiger partial charge in [-0.05, 0) is 22.0 Å². The van der Waals surface area contributed by atoms with Gasteiger partial charge in [0.2, 0.25) is 5.88 Å². The molecule has 0 unspecified atom stereocenters. The van der Waals surface area contributed by atoms with Gasteiger partial charge < -0.3 is 20.5 Å². The minimum atomic E-state index is -4.48. The Morgan fingerprint density at radius 2 is 2.15 bits per heavy atom. The van der Waals surface area contributed by atoms with Gasteiger partial charge in [-0.3, -0.25) is 0 Å². The summed E-state index contributed by atoms with van der Waals surface area (Å²) in [5.41, 5.74) is 5.87. The molecule has 20 heavy (non-hydrogen) atoms. The van der Waals surface area contributed by atoms with Crippen molar-refractivity contribution in [3.63, 3.8) is 0 Å². The fourth-order valence-corrected chi connectivity index (χ4v) is 1.41. The Kier molecular flexibility index (Phi) is 5.86. The number of hydrogen-bond acceptors (Lipinski definition) is 5. The summed E-state index contributed by atoms with van der Waals surface area (Å²) in [5.74, 6) is 0.146. The van der Waals surface area contributed by atoms with Crippen LogP contribution in [0.3, 0.4) is 0 Å². The quantitative estimate of drug-likeness (QED) is 0.788. The van der Waals surface area contributed by atoms with Gasteiger partial charge >= 0.3 is 12.3 Å². The fourth-order valence-electron chi connectivity index (χ4n) is 1.06. The molecule has 1 rings (SSSR count). The molecule has 1 amide bonds. The summed E-state index contributed by atoms with van der Waals surface area (Å²) in [7, 11) is 0. The molecule has 0 saturated carbocycles. The molecule has 1 heterocycles. The van der Waals surface area contributed by atoms with E-state index in [2.05, 4.69) is 25.7 Å². The van der Waals surface area contributed by atoms with Crippen molar-refractivity contribution in [1.29, 1.82) is 0 Å². The number of carbonyl (C=O) groups is 1. The lowest BCUT2D eigenvalue weighted by atomic mass is 10.4. The van der Waals surface area contributed by atoms with Crippen LogP contribution in [0.4, 0.5) is 23.7 Å². The number of nitrogen functional groups attached to an aromatic ring is 1. The molecule has 3 N–H and O–H groups in total. The normalized spacial score (nSPS) is 11.0. The third-order valence-electron chi connectivity index (χ3n) is 1.83. The number of hydrogen-bond donors (Lipinski definition) is 2. The first kappa shape index (κ1) is 16.3. The Morgan fingerprint density at radius 1 is 1.45 bits per heavy atom. The van der Waals surface area contributed by atoms with Gasteiger partial charge in [-0.15, -0.1) is 0 Å². The van der Waals surface area contributed by atoms with E-state index in [0.717, 1.165) is 0 Å². The molecule has 0 aliphatic heterocycles. The van der Waals surface area contributed by atoms with Crippen molar-refractivity contribution >= 4 is 27.7 Å². The van der Waals surface area contributed by atoms with Crippen molar-refractivity contribution in [2.45, 2.75) is 6.18 Å². The summed E-state index contributed by atoms with van der Waals surface area (Å²) in [5, 5.41) is 1.55. The fraction of sp³-hybridized carbons (Fsp3) is 0.400. The summed E-state index contributed by atoms with van der Waals surface area (Å²) < 4.78 is 45.6. The second kappa shape index (κ2) is 7.17. The zero-order valence-electron chi connectivity index (χ0n) is 10.0. The first-order valence-corrected chi connectivity index (χ1v) is 6.08. The van der Waals surface area contributed by atoms with E-state index in [4.69, 9.17) is 10.5 Å². The molecule has 0 atom stereocenters. The van der Waals surface area contributed by atoms with Gasteiger partial charge in [0.1, 0.15) is 19.8 Å². The van der Waals surface area contributed by atoms with Gasteiger partial charge in [-0.2, -0.15) is 13.2 Å². The summed E-state index contributed by atoms with van der Waals surface area (Å²) in [4.78, 5) is 14.7. The van der Waals surface area contributed by atoms with E-state index in [-0.39, 0.29) is 24.8 Å². The Bertz CT molecular complexity index is 471. The smallest absolute Gasteiger partial charge is 0.407 e. The Hall–Kier alpha value is -1.71. The van der Waals surface area contributed by atoms with Crippen molar-refractivity contribution in [1.82, 2.24) is 10.3 Å². The van der Waals surface area contributed by atoms with Crippen LogP contribution < -0.4 is 15.8 Å². The van der Waals surface area contributed by atoms with E-state index >= 15 is 0 Å². The van der Waals surface area contributed by atoms with Crippen LogP contribution in [0.1, 0.15) is 0 Å². The zero-order valence-corrected chi connectivity index (χ0v) is 11.6. The molecule has 0 bridgehead atoms. The van der Waals surface area contributed by atoms with Crippen molar-refractivity contribution in [2.75, 3.05) is 25.5 Å². The summed E-state index contributed by atoms with van der Waals surface area (Å²) >= 11 is 3.16. The number of nitrogens with one attached hydrogen (secondary N) is 1. The highest BCUT2D eigenvalue weighted by molar-refractivity contribution is 9.10. The number of anilines is 1. The molecule has 0 saturated heterocycles. The molecule has 10 heteroatoms. The molecule has 0 aromatic carbocycles. The minimum Gasteiger partial charge on any atom is -0.473 e. The molecular weight excluding hydrogens is 347 g/mol. The number of carbonyl (C=O) groups excluding carboxylic acids is 1. The molecule has 112 valence electrons. The van der Waals surface area contributed by atoms with E-state index in [9.17, 15) is 18.0 Å². The largest absolute Gasteiger partial charge is 0.473 e. The average Bonchev–Trinajstić information content (AvgIpc) is 2.33. The van der Waals surface area contributed by atoms with Crippen molar-refractivity contribution in [3.05, 3.63) is 16.7 Å². The van der Waals surface area contributed by atoms with Gasteiger partial charge in [0.25, 0.3) is 0 Å². The minimum absolute atomic E-state index is 0.0850. The molecule has 0 radical (unpaired) electrons. The number of rotatable bonds is 5. The number of ether oxygens (including phenoxy) is 2. The van der Waals surface area contributed by atoms with Crippen molar-refractivity contribution < 1.29 is 27.4 Å². The van der Waals surface area contributed by atoms with E-state index < -0.39 is 18.8 Å². The maximum Gasteiger partial charge on any atom is 0.407 e. The lowest BCUT2D eigenvalue weighted by Crippen LogP contribution is -2.34. The lowest BCUT2D eigenvalue weighted by Gasteiger charge is -2.10. The number of halogens is 4. The maximum absolute atomic E-state index is 11.8. The van der Waals surface area contributed by atoms with Crippen molar-refractivity contribution in [2.24, 2.45) is 0 Å². The van der Waals surface area contributed by atoms with Gasteiger partial charge in [0.05, 0.1) is 5.69 Å². The third-order valence-corrected chi connectivity index (χ3v) is 2.27. The standard InChI is InChI=1S/C10H11BrF3N3O3/c11-6-3-7(15)8(16-4-6)19-1-2-20-9(18)17-5-10(12,13)14/h3-4H,1-2,5,15H2,(H,17,18). The summed E-state index contributed by atoms with van der Waals surface area (Å²) in [6.07, 6.45) is -4.20. The molecule has 0 fully saturated rings. The zero-order chi connectivity index (χ0) is 15.2. The molecular formula is C10H11BrF3N3O3. The van der Waals surface area contributed by atoms with E-state index in [1.807, 2.05) is 0 Å². The van der Waals surface area contributed by atoms with E-state index in [0.29, 0.717) is 4.47 Å². The van der Waals surface area contributed by atoms with Crippen LogP contribution >= 0.6 is 15.9 Å². The number of amides is 1. The summed E-state index contributed by atoms with van der Waals surface area (Å²) in [6, 6.07) is 1.57. The topological polar surface area (TPSA) is 86.5 Å². The molecule has 0 aliphatic carbocycles. The Balaban J connectivity index is 2.23. The van der Waals surface area contributed by atoms with Gasteiger partial charge in [0.15, 0.2) is 0 Å². The predicted molar refractivity (Wildman–Crippen MR) is 67.3 cm³/mol. The van der Waals surface area contributed by atoms with Crippen LogP contribution in [0.15, 0.2) is 16.7 Å². The number of nitrogens with zero attached hydrogens (tertiary/aromatic N) is 1. The third kappa shape index (κ3) is 6.45. The molecule has 1 aromatic rings. The van der Waals surface area contributed by atoms with Gasteiger partial charge in [-0.1, -0.05) is 0 Å². The first-order chi connectivity index (χ1) is 9.28. The molecule has 0 aliphatic rings. The van der Waals surface area contributed by atoms with Crippen LogP contribution in [-0.2, 0) is 4.74 Å². The molecule has 6 nitrogen and oxygen atoms in total. The lowest BCUT2D eigenvalue weighted by molar-refractivity contribution is -0.123. The first-order valence-electron chi connectivity index (χ1n) is 5.29. The monoisotopic (exact) mass is 357 g/mol. The number of nitrogens with two attached hydrogens (primary N) is 1. The van der Waals surface area contributed by atoms with Crippen LogP contribution in [0.5, 0.6) is 5.88 Å². The van der Waals surface area contributed by atoms with E-state index in [1.165, 1.54) is 6.20 Å². The highest BCUT2D eigenvalue weighted by atomic mass is 79.9. The van der Waals surface area contributed by atoms with Crippen LogP contribution in [0.25, 0.3) is 0 Å². The molecule has 1 aromatic heterocycles. The van der Waals surface area contributed by atoms with Gasteiger partial charge in [0, 0.05) is 10.7 Å². The highest BCUT2D eigenvalue weighted by Crippen LogP contribution is 2.21. The molecule has 0 spiro atoms. The average molecular weight is 358 g/mol. The van der Waals surface area contributed by atoms with Crippen molar-refractivity contribution in [3.8, 4) is 5.88 Å². The number of alkyl carbamates (subject to hydrolysis) is 1. The van der Waals surface area contributed by atoms with Gasteiger partial charge in [-0.25, -0.2) is 9.78 Å². The second-order valence-corrected chi connectivity index (χ2v) is 4.42. The SMILES string of the molecule is Nc1cc(Br)cnc1OCCOC(=O)NCC(F)(F)F. The summed E-state index contributed by atoms with van der Waals surface area (Å²) in [6.45, 7) is -1.77. The second-order valence-electron chi connectivity index (χ2n) is 3.50. The van der Waals surface area contributed by atoms with E-state index in [1.54, 1.807) is 11.4 Å². The number of alkyl halides is 3. The predicted octanol–water partition coefficient (Wildman–Crippen LogP) is 2.09. The number of aromatic nitrogens is 1. The van der Waals surface area contributed by atoms with Crippen LogP contribution in [0, 0.1) is 0 Å². The Morgan fingerprint density at radius 3 is 2.75 bits per heavy atom. The van der Waals surface area contributed by atoms with Crippen LogP contribution in [0.2, 0.25) is 0 Å². The number of pyridine rings is 1.